The fourth-order valence-electron chi connectivity index (χ4n) is 0.795. The molecule has 2 nitrogen and oxygen atoms in total. The van der Waals surface area contributed by atoms with Crippen LogP contribution in [0.2, 0.25) is 0 Å². The fourth-order valence-corrected chi connectivity index (χ4v) is 1.75. The number of nitrogens with one attached hydrogen (secondary N) is 1. The molecule has 0 saturated heterocycles. The summed E-state index contributed by atoms with van der Waals surface area (Å²) in [6.45, 7) is 0.706. The van der Waals surface area contributed by atoms with Gasteiger partial charge in [0, 0.05) is 14.6 Å². The minimum atomic E-state index is 0. The van der Waals surface area contributed by atoms with E-state index in [0.717, 1.165) is 4.47 Å². The van der Waals surface area contributed by atoms with Crippen LogP contribution in [0.25, 0.3) is 0 Å². The van der Waals surface area contributed by atoms with E-state index in [-0.39, 0.29) is 12.4 Å². The van der Waals surface area contributed by atoms with Gasteiger partial charge in [-0.1, -0.05) is 12.1 Å². The smallest absolute Gasteiger partial charge is 0.0359 e. The first-order chi connectivity index (χ1) is 5.25. The molecule has 0 aliphatic heterocycles. The van der Waals surface area contributed by atoms with Gasteiger partial charge in [-0.3, -0.25) is 11.3 Å². The van der Waals surface area contributed by atoms with E-state index in [0.29, 0.717) is 6.54 Å². The predicted molar refractivity (Wildman–Crippen MR) is 65.1 cm³/mol. The molecule has 0 heterocycles. The standard InChI is InChI=1S/C7H8BrIN2.ClH/c8-6-3-1-2-5(4-11-10)7(6)9;/h1-3,11H,4,10H2;1H. The Bertz CT molecular complexity index is 257. The summed E-state index contributed by atoms with van der Waals surface area (Å²) in [7, 11) is 0. The maximum atomic E-state index is 5.21. The molecule has 0 unspecified atom stereocenters. The average molecular weight is 363 g/mol. The van der Waals surface area contributed by atoms with Crippen LogP contribution in [-0.2, 0) is 6.54 Å². The summed E-state index contributed by atoms with van der Waals surface area (Å²) in [4.78, 5) is 0. The largest absolute Gasteiger partial charge is 0.271 e. The van der Waals surface area contributed by atoms with Crippen molar-refractivity contribution in [2.24, 2.45) is 5.84 Å². The molecule has 3 N–H and O–H groups in total. The van der Waals surface area contributed by atoms with Crippen molar-refractivity contribution in [2.45, 2.75) is 6.54 Å². The summed E-state index contributed by atoms with van der Waals surface area (Å²) >= 11 is 5.73. The number of rotatable bonds is 2. The van der Waals surface area contributed by atoms with Crippen molar-refractivity contribution >= 4 is 50.9 Å². The number of halogens is 3. The highest BCUT2D eigenvalue weighted by molar-refractivity contribution is 14.1. The highest BCUT2D eigenvalue weighted by atomic mass is 127. The van der Waals surface area contributed by atoms with Crippen LogP contribution in [0.3, 0.4) is 0 Å². The second kappa shape index (κ2) is 6.15. The van der Waals surface area contributed by atoms with E-state index >= 15 is 0 Å². The topological polar surface area (TPSA) is 38.0 Å². The third kappa shape index (κ3) is 3.18. The maximum absolute atomic E-state index is 5.21. The van der Waals surface area contributed by atoms with E-state index in [9.17, 15) is 0 Å². The van der Waals surface area contributed by atoms with Crippen molar-refractivity contribution in [1.82, 2.24) is 5.43 Å². The number of nitrogens with two attached hydrogens (primary N) is 1. The van der Waals surface area contributed by atoms with Crippen molar-refractivity contribution in [3.63, 3.8) is 0 Å². The van der Waals surface area contributed by atoms with Crippen molar-refractivity contribution in [1.29, 1.82) is 0 Å². The third-order valence-corrected chi connectivity index (χ3v) is 4.00. The minimum absolute atomic E-state index is 0. The van der Waals surface area contributed by atoms with Crippen LogP contribution in [0, 0.1) is 3.57 Å². The fraction of sp³-hybridized carbons (Fsp3) is 0.143. The molecule has 1 aromatic rings. The lowest BCUT2D eigenvalue weighted by Crippen LogP contribution is -2.21. The molecule has 0 amide bonds. The second-order valence-corrected chi connectivity index (χ2v) is 4.03. The lowest BCUT2D eigenvalue weighted by Gasteiger charge is -2.03. The van der Waals surface area contributed by atoms with Crippen LogP contribution in [0.5, 0.6) is 0 Å². The molecular formula is C7H9BrClIN2. The third-order valence-electron chi connectivity index (χ3n) is 1.32. The van der Waals surface area contributed by atoms with Gasteiger partial charge in [0.05, 0.1) is 0 Å². The number of hydrazine groups is 1. The van der Waals surface area contributed by atoms with Gasteiger partial charge in [0.25, 0.3) is 0 Å². The molecule has 5 heteroatoms. The lowest BCUT2D eigenvalue weighted by molar-refractivity contribution is 0.738. The summed E-state index contributed by atoms with van der Waals surface area (Å²) in [5.74, 6) is 5.21. The molecule has 0 bridgehead atoms. The zero-order valence-corrected chi connectivity index (χ0v) is 10.7. The molecule has 0 radical (unpaired) electrons. The van der Waals surface area contributed by atoms with Crippen LogP contribution >= 0.6 is 50.9 Å². The van der Waals surface area contributed by atoms with E-state index in [2.05, 4.69) is 43.9 Å². The van der Waals surface area contributed by atoms with Gasteiger partial charge in [-0.2, -0.15) is 0 Å². The molecule has 0 aliphatic carbocycles. The van der Waals surface area contributed by atoms with Crippen LogP contribution in [-0.4, -0.2) is 0 Å². The Hall–Kier alpha value is 0.640. The van der Waals surface area contributed by atoms with Gasteiger partial charge >= 0.3 is 0 Å². The maximum Gasteiger partial charge on any atom is 0.0359 e. The zero-order valence-electron chi connectivity index (χ0n) is 6.18. The molecule has 0 fully saturated rings. The first kappa shape index (κ1) is 12.6. The Labute approximate surface area is 99.9 Å². The molecular weight excluding hydrogens is 354 g/mol. The molecule has 0 spiro atoms. The van der Waals surface area contributed by atoms with Gasteiger partial charge in [-0.25, -0.2) is 0 Å². The summed E-state index contributed by atoms with van der Waals surface area (Å²) in [6, 6.07) is 6.06. The van der Waals surface area contributed by atoms with Crippen molar-refractivity contribution in [2.75, 3.05) is 0 Å². The molecule has 1 aromatic carbocycles. The Kier molecular flexibility index (Phi) is 6.48. The molecule has 0 aromatic heterocycles. The SMILES string of the molecule is Cl.NNCc1cccc(Br)c1I. The number of hydrogen-bond donors (Lipinski definition) is 2. The van der Waals surface area contributed by atoms with E-state index in [4.69, 9.17) is 5.84 Å². The summed E-state index contributed by atoms with van der Waals surface area (Å²) in [6.07, 6.45) is 0. The Morgan fingerprint density at radius 2 is 2.17 bits per heavy atom. The van der Waals surface area contributed by atoms with Gasteiger partial charge in [-0.05, 0) is 50.2 Å². The Balaban J connectivity index is 0.00000121. The first-order valence-corrected chi connectivity index (χ1v) is 4.99. The predicted octanol–water partition coefficient (Wildman–Crippen LogP) is 2.44. The Morgan fingerprint density at radius 1 is 1.50 bits per heavy atom. The Morgan fingerprint density at radius 3 is 2.75 bits per heavy atom. The number of hydrogen-bond acceptors (Lipinski definition) is 2. The summed E-state index contributed by atoms with van der Waals surface area (Å²) < 4.78 is 2.33. The molecule has 0 atom stereocenters. The van der Waals surface area contributed by atoms with Gasteiger partial charge in [0.1, 0.15) is 0 Å². The van der Waals surface area contributed by atoms with Crippen LogP contribution in [0.1, 0.15) is 5.56 Å². The van der Waals surface area contributed by atoms with E-state index in [1.54, 1.807) is 0 Å². The van der Waals surface area contributed by atoms with E-state index in [1.807, 2.05) is 18.2 Å². The van der Waals surface area contributed by atoms with Gasteiger partial charge in [0.15, 0.2) is 0 Å². The van der Waals surface area contributed by atoms with Gasteiger partial charge < -0.3 is 0 Å². The number of benzene rings is 1. The summed E-state index contributed by atoms with van der Waals surface area (Å²) in [5.41, 5.74) is 3.84. The van der Waals surface area contributed by atoms with Gasteiger partial charge in [-0.15, -0.1) is 12.4 Å². The van der Waals surface area contributed by atoms with Crippen molar-refractivity contribution < 1.29 is 0 Å². The van der Waals surface area contributed by atoms with Crippen LogP contribution < -0.4 is 11.3 Å². The van der Waals surface area contributed by atoms with Crippen molar-refractivity contribution in [3.8, 4) is 0 Å². The first-order valence-electron chi connectivity index (χ1n) is 3.12. The quantitative estimate of drug-likeness (QED) is 0.481. The highest BCUT2D eigenvalue weighted by Crippen LogP contribution is 2.21. The summed E-state index contributed by atoms with van der Waals surface area (Å²) in [5, 5.41) is 0. The average Bonchev–Trinajstić information content (AvgIpc) is 1.99. The van der Waals surface area contributed by atoms with E-state index < -0.39 is 0 Å². The van der Waals surface area contributed by atoms with Crippen molar-refractivity contribution in [3.05, 3.63) is 31.8 Å². The molecule has 1 rings (SSSR count). The highest BCUT2D eigenvalue weighted by Gasteiger charge is 2.00. The zero-order chi connectivity index (χ0) is 8.27. The molecule has 0 aliphatic rings. The normalized spacial score (nSPS) is 9.25. The van der Waals surface area contributed by atoms with Gasteiger partial charge in [0.2, 0.25) is 0 Å². The molecule has 0 saturated carbocycles. The lowest BCUT2D eigenvalue weighted by atomic mass is 10.2. The molecule has 12 heavy (non-hydrogen) atoms. The van der Waals surface area contributed by atoms with E-state index in [1.165, 1.54) is 9.13 Å². The minimum Gasteiger partial charge on any atom is -0.271 e. The molecule has 68 valence electrons. The van der Waals surface area contributed by atoms with Crippen LogP contribution in [0.15, 0.2) is 22.7 Å². The van der Waals surface area contributed by atoms with Crippen LogP contribution in [0.4, 0.5) is 0 Å². The second-order valence-electron chi connectivity index (χ2n) is 2.09. The monoisotopic (exact) mass is 362 g/mol.